The Balaban J connectivity index is 0.00000289. The number of nitrogens with zero attached hydrogens (tertiary/aromatic N) is 1. The molecule has 0 aliphatic heterocycles. The number of rotatable bonds is 5. The first-order valence-corrected chi connectivity index (χ1v) is 4.89. The topological polar surface area (TPSA) is 119 Å². The van der Waals surface area contributed by atoms with Crippen molar-refractivity contribution in [2.45, 2.75) is 12.5 Å². The number of halogens is 1. The molecule has 6 nitrogen and oxygen atoms in total. The molecule has 0 saturated heterocycles. The van der Waals surface area contributed by atoms with Crippen LogP contribution in [-0.4, -0.2) is 29.1 Å². The lowest BCUT2D eigenvalue weighted by molar-refractivity contribution is -0.138. The quantitative estimate of drug-likeness (QED) is 0.310. The highest BCUT2D eigenvalue weighted by molar-refractivity contribution is 5.99. The van der Waals surface area contributed by atoms with Gasteiger partial charge in [0.05, 0.1) is 6.21 Å². The Morgan fingerprint density at radius 3 is 2.33 bits per heavy atom. The van der Waals surface area contributed by atoms with Gasteiger partial charge in [-0.2, -0.15) is 5.10 Å². The van der Waals surface area contributed by atoms with Crippen LogP contribution in [0, 0.1) is 0 Å². The number of benzene rings is 1. The van der Waals surface area contributed by atoms with Gasteiger partial charge >= 0.3 is 5.97 Å². The van der Waals surface area contributed by atoms with Gasteiger partial charge in [0.1, 0.15) is 6.04 Å². The predicted molar refractivity (Wildman–Crippen MR) is 70.0 cm³/mol. The normalized spacial score (nSPS) is 11.8. The third-order valence-corrected chi connectivity index (χ3v) is 2.18. The Labute approximate surface area is 110 Å². The highest BCUT2D eigenvalue weighted by Crippen LogP contribution is 2.07. The average Bonchev–Trinajstić information content (AvgIpc) is 2.30. The van der Waals surface area contributed by atoms with E-state index < -0.39 is 12.0 Å². The molecule has 0 bridgehead atoms. The fourth-order valence-corrected chi connectivity index (χ4v) is 1.25. The summed E-state index contributed by atoms with van der Waals surface area (Å²) in [5.41, 5.74) is 6.44. The van der Waals surface area contributed by atoms with E-state index in [1.54, 1.807) is 24.3 Å². The summed E-state index contributed by atoms with van der Waals surface area (Å²) in [4.78, 5) is 22.1. The van der Waals surface area contributed by atoms with Crippen LogP contribution < -0.4 is 11.6 Å². The highest BCUT2D eigenvalue weighted by Gasteiger charge is 2.17. The molecular weight excluding hydrogens is 258 g/mol. The second-order valence-corrected chi connectivity index (χ2v) is 3.47. The maximum atomic E-state index is 11.6. The molecule has 0 fully saturated rings. The van der Waals surface area contributed by atoms with Crippen LogP contribution >= 0.6 is 12.4 Å². The van der Waals surface area contributed by atoms with Crippen LogP contribution in [-0.2, 0) is 4.79 Å². The standard InChI is InChI=1S/C11H13N3O3.ClH/c12-9(11(16)17)5-10(15)8-3-1-7(2-4-8)6-14-13;/h1-4,6,9H,5,12-13H2,(H,16,17);1H. The summed E-state index contributed by atoms with van der Waals surface area (Å²) in [6.45, 7) is 0. The van der Waals surface area contributed by atoms with Crippen molar-refractivity contribution < 1.29 is 14.7 Å². The number of carbonyl (C=O) groups is 2. The van der Waals surface area contributed by atoms with Gasteiger partial charge < -0.3 is 16.7 Å². The number of Topliss-reactive ketones (excluding diaryl/α,β-unsaturated/α-hetero) is 1. The van der Waals surface area contributed by atoms with Crippen molar-refractivity contribution in [2.75, 3.05) is 0 Å². The molecule has 0 aliphatic carbocycles. The number of carboxylic acid groups (broad SMARTS) is 1. The van der Waals surface area contributed by atoms with Crippen LogP contribution in [0.25, 0.3) is 0 Å². The van der Waals surface area contributed by atoms with E-state index in [-0.39, 0.29) is 24.6 Å². The Hall–Kier alpha value is -1.92. The molecule has 1 aromatic carbocycles. The van der Waals surface area contributed by atoms with Gasteiger partial charge in [0, 0.05) is 12.0 Å². The van der Waals surface area contributed by atoms with Crippen molar-refractivity contribution >= 4 is 30.4 Å². The van der Waals surface area contributed by atoms with E-state index >= 15 is 0 Å². The van der Waals surface area contributed by atoms with Crippen molar-refractivity contribution in [3.05, 3.63) is 35.4 Å². The Kier molecular flexibility index (Phi) is 6.62. The molecule has 1 rings (SSSR count). The van der Waals surface area contributed by atoms with Crippen LogP contribution in [0.15, 0.2) is 29.4 Å². The monoisotopic (exact) mass is 271 g/mol. The van der Waals surface area contributed by atoms with Crippen molar-refractivity contribution in [3.63, 3.8) is 0 Å². The van der Waals surface area contributed by atoms with Crippen LogP contribution in [0.2, 0.25) is 0 Å². The number of hydrogen-bond acceptors (Lipinski definition) is 5. The third kappa shape index (κ3) is 4.52. The summed E-state index contributed by atoms with van der Waals surface area (Å²) in [7, 11) is 0. The highest BCUT2D eigenvalue weighted by atomic mass is 35.5. The van der Waals surface area contributed by atoms with Gasteiger partial charge in [0.2, 0.25) is 0 Å². The summed E-state index contributed by atoms with van der Waals surface area (Å²) in [6, 6.07) is 5.31. The number of ketones is 1. The van der Waals surface area contributed by atoms with E-state index in [0.29, 0.717) is 5.56 Å². The maximum Gasteiger partial charge on any atom is 0.320 e. The number of carboxylic acids is 1. The second kappa shape index (κ2) is 7.41. The molecule has 1 unspecified atom stereocenters. The Morgan fingerprint density at radius 1 is 1.33 bits per heavy atom. The maximum absolute atomic E-state index is 11.6. The van der Waals surface area contributed by atoms with Crippen molar-refractivity contribution in [3.8, 4) is 0 Å². The zero-order chi connectivity index (χ0) is 12.8. The summed E-state index contributed by atoms with van der Waals surface area (Å²) in [5, 5.41) is 11.9. The number of hydrazone groups is 1. The van der Waals surface area contributed by atoms with E-state index in [1.165, 1.54) is 6.21 Å². The molecule has 18 heavy (non-hydrogen) atoms. The van der Waals surface area contributed by atoms with Gasteiger partial charge in [-0.3, -0.25) is 9.59 Å². The van der Waals surface area contributed by atoms with Gasteiger partial charge in [0.15, 0.2) is 5.78 Å². The molecule has 0 saturated carbocycles. The van der Waals surface area contributed by atoms with Crippen LogP contribution in [0.5, 0.6) is 0 Å². The van der Waals surface area contributed by atoms with Crippen molar-refractivity contribution in [2.24, 2.45) is 16.7 Å². The number of hydrogen-bond donors (Lipinski definition) is 3. The molecule has 1 aromatic rings. The lowest BCUT2D eigenvalue weighted by Gasteiger charge is -2.05. The summed E-state index contributed by atoms with van der Waals surface area (Å²) in [5.74, 6) is 3.48. The summed E-state index contributed by atoms with van der Waals surface area (Å²) >= 11 is 0. The van der Waals surface area contributed by atoms with Crippen LogP contribution in [0.1, 0.15) is 22.3 Å². The number of nitrogens with two attached hydrogens (primary N) is 2. The molecule has 0 heterocycles. The van der Waals surface area contributed by atoms with E-state index in [0.717, 1.165) is 5.56 Å². The third-order valence-electron chi connectivity index (χ3n) is 2.18. The fraction of sp³-hybridized carbons (Fsp3) is 0.182. The molecule has 1 atom stereocenters. The van der Waals surface area contributed by atoms with Crippen molar-refractivity contribution in [1.29, 1.82) is 0 Å². The van der Waals surface area contributed by atoms with E-state index in [9.17, 15) is 9.59 Å². The average molecular weight is 272 g/mol. The number of carbonyl (C=O) groups excluding carboxylic acids is 1. The zero-order valence-electron chi connectivity index (χ0n) is 9.45. The summed E-state index contributed by atoms with van der Waals surface area (Å²) in [6.07, 6.45) is 1.22. The number of aliphatic carboxylic acids is 1. The van der Waals surface area contributed by atoms with Gasteiger partial charge in [-0.15, -0.1) is 12.4 Å². The molecule has 0 amide bonds. The van der Waals surface area contributed by atoms with Crippen LogP contribution in [0.3, 0.4) is 0 Å². The largest absolute Gasteiger partial charge is 0.480 e. The zero-order valence-corrected chi connectivity index (χ0v) is 10.3. The van der Waals surface area contributed by atoms with E-state index in [2.05, 4.69) is 5.10 Å². The minimum Gasteiger partial charge on any atom is -0.480 e. The van der Waals surface area contributed by atoms with Gasteiger partial charge in [-0.05, 0) is 5.56 Å². The van der Waals surface area contributed by atoms with E-state index in [4.69, 9.17) is 16.7 Å². The molecule has 0 aromatic heterocycles. The lowest BCUT2D eigenvalue weighted by Crippen LogP contribution is -2.32. The SMILES string of the molecule is Cl.NN=Cc1ccc(C(=O)CC(N)C(=O)O)cc1. The fourth-order valence-electron chi connectivity index (χ4n) is 1.25. The summed E-state index contributed by atoms with van der Waals surface area (Å²) < 4.78 is 0. The molecule has 5 N–H and O–H groups in total. The Morgan fingerprint density at radius 2 is 1.89 bits per heavy atom. The first-order valence-electron chi connectivity index (χ1n) is 4.89. The predicted octanol–water partition coefficient (Wildman–Crippen LogP) is 0.386. The minimum absolute atomic E-state index is 0. The minimum atomic E-state index is -1.19. The molecule has 0 spiro atoms. The molecule has 0 radical (unpaired) electrons. The van der Waals surface area contributed by atoms with E-state index in [1.807, 2.05) is 0 Å². The molecule has 0 aliphatic rings. The first kappa shape index (κ1) is 16.1. The molecule has 7 heteroatoms. The Bertz CT molecular complexity index is 445. The van der Waals surface area contributed by atoms with Gasteiger partial charge in [-0.25, -0.2) is 0 Å². The lowest BCUT2D eigenvalue weighted by atomic mass is 10.0. The van der Waals surface area contributed by atoms with Gasteiger partial charge in [0.25, 0.3) is 0 Å². The van der Waals surface area contributed by atoms with Crippen LogP contribution in [0.4, 0.5) is 0 Å². The van der Waals surface area contributed by atoms with Gasteiger partial charge in [-0.1, -0.05) is 24.3 Å². The first-order chi connectivity index (χ1) is 8.04. The second-order valence-electron chi connectivity index (χ2n) is 3.47. The van der Waals surface area contributed by atoms with Crippen molar-refractivity contribution in [1.82, 2.24) is 0 Å². The smallest absolute Gasteiger partial charge is 0.320 e. The molecule has 98 valence electrons. The molecular formula is C11H14ClN3O3.